The summed E-state index contributed by atoms with van der Waals surface area (Å²) in [4.78, 5) is 36.1. The third-order valence-corrected chi connectivity index (χ3v) is 3.66. The third-order valence-electron chi connectivity index (χ3n) is 3.66. The Morgan fingerprint density at radius 3 is 2.36 bits per heavy atom. The number of carboxylic acids is 1. The summed E-state index contributed by atoms with van der Waals surface area (Å²) >= 11 is 0. The lowest BCUT2D eigenvalue weighted by molar-refractivity contribution is -0.141. The molecule has 0 aromatic heterocycles. The predicted octanol–water partition coefficient (Wildman–Crippen LogP) is 1.83. The molecule has 0 saturated heterocycles. The maximum atomic E-state index is 12.2. The average Bonchev–Trinajstić information content (AvgIpc) is 3.31. The second kappa shape index (κ2) is 6.60. The summed E-state index contributed by atoms with van der Waals surface area (Å²) in [6.45, 7) is 1.71. The summed E-state index contributed by atoms with van der Waals surface area (Å²) in [7, 11) is 1.57. The highest BCUT2D eigenvalue weighted by atomic mass is 16.4. The van der Waals surface area contributed by atoms with Crippen molar-refractivity contribution in [2.24, 2.45) is 11.8 Å². The van der Waals surface area contributed by atoms with E-state index < -0.39 is 11.9 Å². The van der Waals surface area contributed by atoms with E-state index in [1.165, 1.54) is 4.90 Å². The van der Waals surface area contributed by atoms with Gasteiger partial charge < -0.3 is 15.3 Å². The number of carboxylic acid groups (broad SMARTS) is 1. The standard InChI is InChI=1S/C16H20N2O4/c1-10(16(21)22)9-18(2)15(20)12-5-7-13(8-6-12)17-14(19)11-3-4-11/h5-8,10-11H,3-4,9H2,1-2H3,(H,17,19)(H,21,22). The number of nitrogens with zero attached hydrogens (tertiary/aromatic N) is 1. The first-order chi connectivity index (χ1) is 10.4. The molecule has 1 unspecified atom stereocenters. The molecule has 0 heterocycles. The minimum atomic E-state index is -0.933. The molecule has 0 bridgehead atoms. The van der Waals surface area contributed by atoms with E-state index in [2.05, 4.69) is 5.32 Å². The summed E-state index contributed by atoms with van der Waals surface area (Å²) in [5.74, 6) is -1.64. The van der Waals surface area contributed by atoms with Gasteiger partial charge in [0.2, 0.25) is 5.91 Å². The second-order valence-corrected chi connectivity index (χ2v) is 5.77. The number of hydrogen-bond donors (Lipinski definition) is 2. The first-order valence-electron chi connectivity index (χ1n) is 7.27. The van der Waals surface area contributed by atoms with Crippen molar-refractivity contribution in [2.75, 3.05) is 18.9 Å². The minimum absolute atomic E-state index is 0.0199. The Bertz CT molecular complexity index is 578. The molecule has 1 aliphatic rings. The Kier molecular flexibility index (Phi) is 4.80. The van der Waals surface area contributed by atoms with Gasteiger partial charge in [0, 0.05) is 30.8 Å². The SMILES string of the molecule is CC(CN(C)C(=O)c1ccc(NC(=O)C2CC2)cc1)C(=O)O. The van der Waals surface area contributed by atoms with E-state index >= 15 is 0 Å². The fourth-order valence-electron chi connectivity index (χ4n) is 2.08. The number of carbonyl (C=O) groups is 3. The summed E-state index contributed by atoms with van der Waals surface area (Å²) in [6, 6.07) is 6.63. The third kappa shape index (κ3) is 4.07. The summed E-state index contributed by atoms with van der Waals surface area (Å²) < 4.78 is 0. The molecule has 2 rings (SSSR count). The molecule has 1 atom stereocenters. The van der Waals surface area contributed by atoms with E-state index in [4.69, 9.17) is 5.11 Å². The Labute approximate surface area is 129 Å². The maximum Gasteiger partial charge on any atom is 0.308 e. The van der Waals surface area contributed by atoms with Crippen molar-refractivity contribution in [3.63, 3.8) is 0 Å². The molecule has 0 spiro atoms. The Morgan fingerprint density at radius 2 is 1.86 bits per heavy atom. The van der Waals surface area contributed by atoms with Crippen LogP contribution in [0.3, 0.4) is 0 Å². The first kappa shape index (κ1) is 16.0. The predicted molar refractivity (Wildman–Crippen MR) is 81.6 cm³/mol. The first-order valence-corrected chi connectivity index (χ1v) is 7.27. The zero-order valence-corrected chi connectivity index (χ0v) is 12.7. The van der Waals surface area contributed by atoms with Gasteiger partial charge in [-0.2, -0.15) is 0 Å². The average molecular weight is 304 g/mol. The molecule has 2 amide bonds. The zero-order chi connectivity index (χ0) is 16.3. The lowest BCUT2D eigenvalue weighted by atomic mass is 10.1. The van der Waals surface area contributed by atoms with Crippen molar-refractivity contribution in [3.05, 3.63) is 29.8 Å². The molecule has 1 aromatic rings. The summed E-state index contributed by atoms with van der Waals surface area (Å²) in [5, 5.41) is 11.7. The van der Waals surface area contributed by atoms with Gasteiger partial charge >= 0.3 is 5.97 Å². The second-order valence-electron chi connectivity index (χ2n) is 5.77. The van der Waals surface area contributed by atoms with Gasteiger partial charge in [0.25, 0.3) is 5.91 Å². The molecule has 6 heteroatoms. The van der Waals surface area contributed by atoms with Gasteiger partial charge in [-0.15, -0.1) is 0 Å². The topological polar surface area (TPSA) is 86.7 Å². The Morgan fingerprint density at radius 1 is 1.27 bits per heavy atom. The molecular weight excluding hydrogens is 284 g/mol. The fraction of sp³-hybridized carbons (Fsp3) is 0.438. The molecule has 6 nitrogen and oxygen atoms in total. The van der Waals surface area contributed by atoms with Crippen LogP contribution in [0, 0.1) is 11.8 Å². The molecule has 1 aromatic carbocycles. The van der Waals surface area contributed by atoms with Gasteiger partial charge in [-0.25, -0.2) is 0 Å². The smallest absolute Gasteiger partial charge is 0.308 e. The van der Waals surface area contributed by atoms with E-state index in [-0.39, 0.29) is 24.3 Å². The van der Waals surface area contributed by atoms with E-state index in [1.807, 2.05) is 0 Å². The van der Waals surface area contributed by atoms with E-state index in [0.717, 1.165) is 12.8 Å². The highest BCUT2D eigenvalue weighted by molar-refractivity contribution is 5.96. The number of anilines is 1. The van der Waals surface area contributed by atoms with Crippen LogP contribution in [0.25, 0.3) is 0 Å². The molecule has 1 aliphatic carbocycles. The van der Waals surface area contributed by atoms with E-state index in [1.54, 1.807) is 38.2 Å². The number of hydrogen-bond acceptors (Lipinski definition) is 3. The minimum Gasteiger partial charge on any atom is -0.481 e. The highest BCUT2D eigenvalue weighted by Crippen LogP contribution is 2.30. The molecule has 118 valence electrons. The van der Waals surface area contributed by atoms with E-state index in [9.17, 15) is 14.4 Å². The molecule has 2 N–H and O–H groups in total. The molecule has 22 heavy (non-hydrogen) atoms. The van der Waals surface area contributed by atoms with Crippen molar-refractivity contribution >= 4 is 23.5 Å². The van der Waals surface area contributed by atoms with Crippen LogP contribution in [-0.2, 0) is 9.59 Å². The van der Waals surface area contributed by atoms with Crippen molar-refractivity contribution < 1.29 is 19.5 Å². The number of amides is 2. The van der Waals surface area contributed by atoms with Crippen LogP contribution >= 0.6 is 0 Å². The molecule has 1 fully saturated rings. The monoisotopic (exact) mass is 304 g/mol. The van der Waals surface area contributed by atoms with Gasteiger partial charge in [0.1, 0.15) is 0 Å². The number of rotatable bonds is 6. The lowest BCUT2D eigenvalue weighted by Crippen LogP contribution is -2.33. The molecular formula is C16H20N2O4. The normalized spacial score (nSPS) is 15.0. The van der Waals surface area contributed by atoms with Crippen LogP contribution in [0.2, 0.25) is 0 Å². The van der Waals surface area contributed by atoms with Crippen molar-refractivity contribution in [2.45, 2.75) is 19.8 Å². The number of aliphatic carboxylic acids is 1. The van der Waals surface area contributed by atoms with E-state index in [0.29, 0.717) is 11.3 Å². The van der Waals surface area contributed by atoms with Crippen LogP contribution < -0.4 is 5.32 Å². The highest BCUT2D eigenvalue weighted by Gasteiger charge is 2.29. The fourth-order valence-corrected chi connectivity index (χ4v) is 2.08. The van der Waals surface area contributed by atoms with Gasteiger partial charge in [-0.1, -0.05) is 6.92 Å². The van der Waals surface area contributed by atoms with Crippen molar-refractivity contribution in [3.8, 4) is 0 Å². The van der Waals surface area contributed by atoms with Gasteiger partial charge in [-0.05, 0) is 37.1 Å². The van der Waals surface area contributed by atoms with Gasteiger partial charge in [0.05, 0.1) is 5.92 Å². The summed E-state index contributed by atoms with van der Waals surface area (Å²) in [6.07, 6.45) is 1.88. The maximum absolute atomic E-state index is 12.2. The number of nitrogens with one attached hydrogen (secondary N) is 1. The number of benzene rings is 1. The Hall–Kier alpha value is -2.37. The van der Waals surface area contributed by atoms with Crippen LogP contribution in [-0.4, -0.2) is 41.4 Å². The van der Waals surface area contributed by atoms with Gasteiger partial charge in [-0.3, -0.25) is 14.4 Å². The molecule has 0 aliphatic heterocycles. The van der Waals surface area contributed by atoms with Crippen LogP contribution in [0.5, 0.6) is 0 Å². The van der Waals surface area contributed by atoms with Crippen molar-refractivity contribution in [1.82, 2.24) is 4.90 Å². The largest absolute Gasteiger partial charge is 0.481 e. The lowest BCUT2D eigenvalue weighted by Gasteiger charge is -2.19. The number of carbonyl (C=O) groups excluding carboxylic acids is 2. The van der Waals surface area contributed by atoms with Gasteiger partial charge in [0.15, 0.2) is 0 Å². The Balaban J connectivity index is 1.95. The van der Waals surface area contributed by atoms with Crippen molar-refractivity contribution in [1.29, 1.82) is 0 Å². The zero-order valence-electron chi connectivity index (χ0n) is 12.7. The molecule has 1 saturated carbocycles. The molecule has 0 radical (unpaired) electrons. The van der Waals surface area contributed by atoms with Crippen LogP contribution in [0.4, 0.5) is 5.69 Å². The van der Waals surface area contributed by atoms with Crippen LogP contribution in [0.1, 0.15) is 30.1 Å². The quantitative estimate of drug-likeness (QED) is 0.839. The van der Waals surface area contributed by atoms with Crippen LogP contribution in [0.15, 0.2) is 24.3 Å². The summed E-state index contributed by atoms with van der Waals surface area (Å²) in [5.41, 5.74) is 1.12.